The van der Waals surface area contributed by atoms with E-state index in [9.17, 15) is 0 Å². The summed E-state index contributed by atoms with van der Waals surface area (Å²) in [6, 6.07) is 7.36. The fraction of sp³-hybridized carbons (Fsp3) is 0.385. The predicted octanol–water partition coefficient (Wildman–Crippen LogP) is 2.10. The highest BCUT2D eigenvalue weighted by Gasteiger charge is 2.06. The monoisotopic (exact) mass is 246 g/mol. The Morgan fingerprint density at radius 2 is 2.22 bits per heavy atom. The Kier molecular flexibility index (Phi) is 3.82. The van der Waals surface area contributed by atoms with Gasteiger partial charge in [0.1, 0.15) is 18.7 Å². The second-order valence-electron chi connectivity index (χ2n) is 4.65. The molecule has 0 unspecified atom stereocenters. The second-order valence-corrected chi connectivity index (χ2v) is 4.65. The van der Waals surface area contributed by atoms with Crippen LogP contribution in [0.2, 0.25) is 0 Å². The number of anilines is 1. The van der Waals surface area contributed by atoms with Crippen LogP contribution in [0.25, 0.3) is 0 Å². The van der Waals surface area contributed by atoms with Gasteiger partial charge in [0.05, 0.1) is 0 Å². The van der Waals surface area contributed by atoms with Crippen LogP contribution in [0.3, 0.4) is 0 Å². The molecule has 0 spiro atoms. The summed E-state index contributed by atoms with van der Waals surface area (Å²) in [4.78, 5) is 0. The van der Waals surface area contributed by atoms with E-state index in [-0.39, 0.29) is 0 Å². The molecule has 96 valence electrons. The maximum Gasteiger partial charge on any atom is 0.170 e. The van der Waals surface area contributed by atoms with E-state index in [4.69, 9.17) is 10.5 Å². The van der Waals surface area contributed by atoms with Crippen molar-refractivity contribution in [1.82, 2.24) is 14.8 Å². The van der Waals surface area contributed by atoms with E-state index in [0.29, 0.717) is 18.2 Å². The highest BCUT2D eigenvalue weighted by Crippen LogP contribution is 2.15. The molecule has 2 N–H and O–H groups in total. The molecule has 1 aromatic heterocycles. The standard InChI is InChI=1S/C13H18N4O/c1-10(2)7-17-9-15-16-13(17)8-18-12-5-3-4-11(14)6-12/h3-6,9-10H,7-8,14H2,1-2H3. The fourth-order valence-corrected chi connectivity index (χ4v) is 1.69. The Bertz CT molecular complexity index is 507. The van der Waals surface area contributed by atoms with Gasteiger partial charge in [-0.15, -0.1) is 10.2 Å². The normalized spacial score (nSPS) is 10.8. The molecular weight excluding hydrogens is 228 g/mol. The number of nitrogen functional groups attached to an aromatic ring is 1. The summed E-state index contributed by atoms with van der Waals surface area (Å²) in [5.41, 5.74) is 6.38. The minimum atomic E-state index is 0.399. The van der Waals surface area contributed by atoms with Crippen molar-refractivity contribution in [2.75, 3.05) is 5.73 Å². The van der Waals surface area contributed by atoms with Gasteiger partial charge in [0.25, 0.3) is 0 Å². The maximum atomic E-state index is 5.69. The summed E-state index contributed by atoms with van der Waals surface area (Å²) in [6.07, 6.45) is 1.73. The van der Waals surface area contributed by atoms with E-state index in [1.807, 2.05) is 22.8 Å². The predicted molar refractivity (Wildman–Crippen MR) is 70.0 cm³/mol. The van der Waals surface area contributed by atoms with Gasteiger partial charge in [0, 0.05) is 18.3 Å². The van der Waals surface area contributed by atoms with E-state index < -0.39 is 0 Å². The molecule has 0 saturated heterocycles. The first-order valence-corrected chi connectivity index (χ1v) is 6.00. The molecule has 1 heterocycles. The molecule has 0 amide bonds. The van der Waals surface area contributed by atoms with E-state index >= 15 is 0 Å². The number of ether oxygens (including phenoxy) is 1. The van der Waals surface area contributed by atoms with Crippen LogP contribution in [0.4, 0.5) is 5.69 Å². The third-order valence-electron chi connectivity index (χ3n) is 2.48. The summed E-state index contributed by atoms with van der Waals surface area (Å²) in [5.74, 6) is 2.12. The zero-order chi connectivity index (χ0) is 13.0. The second kappa shape index (κ2) is 5.53. The minimum Gasteiger partial charge on any atom is -0.486 e. The molecule has 0 saturated carbocycles. The number of nitrogens with two attached hydrogens (primary N) is 1. The Morgan fingerprint density at radius 1 is 1.39 bits per heavy atom. The van der Waals surface area contributed by atoms with Gasteiger partial charge in [0.15, 0.2) is 5.82 Å². The summed E-state index contributed by atoms with van der Waals surface area (Å²) in [6.45, 7) is 5.60. The smallest absolute Gasteiger partial charge is 0.170 e. The third-order valence-corrected chi connectivity index (χ3v) is 2.48. The number of rotatable bonds is 5. The van der Waals surface area contributed by atoms with Crippen LogP contribution in [-0.2, 0) is 13.2 Å². The Balaban J connectivity index is 2.00. The van der Waals surface area contributed by atoms with Crippen molar-refractivity contribution < 1.29 is 4.74 Å². The molecule has 0 aliphatic heterocycles. The molecule has 0 bridgehead atoms. The summed E-state index contributed by atoms with van der Waals surface area (Å²) < 4.78 is 7.66. The lowest BCUT2D eigenvalue weighted by atomic mass is 10.2. The quantitative estimate of drug-likeness (QED) is 0.820. The van der Waals surface area contributed by atoms with Crippen molar-refractivity contribution in [2.45, 2.75) is 27.0 Å². The van der Waals surface area contributed by atoms with Crippen LogP contribution >= 0.6 is 0 Å². The Labute approximate surface area is 107 Å². The van der Waals surface area contributed by atoms with Crippen molar-refractivity contribution in [2.24, 2.45) is 5.92 Å². The van der Waals surface area contributed by atoms with Crippen LogP contribution in [0, 0.1) is 5.92 Å². The van der Waals surface area contributed by atoms with Crippen LogP contribution in [0.15, 0.2) is 30.6 Å². The largest absolute Gasteiger partial charge is 0.486 e. The van der Waals surface area contributed by atoms with Crippen molar-refractivity contribution in [3.63, 3.8) is 0 Å². The number of hydrogen-bond donors (Lipinski definition) is 1. The summed E-state index contributed by atoms with van der Waals surface area (Å²) in [7, 11) is 0. The number of nitrogens with zero attached hydrogens (tertiary/aromatic N) is 3. The highest BCUT2D eigenvalue weighted by molar-refractivity contribution is 5.43. The van der Waals surface area contributed by atoms with Gasteiger partial charge in [-0.1, -0.05) is 19.9 Å². The van der Waals surface area contributed by atoms with Gasteiger partial charge in [-0.05, 0) is 18.1 Å². The molecule has 5 heteroatoms. The zero-order valence-corrected chi connectivity index (χ0v) is 10.7. The third kappa shape index (κ3) is 3.23. The van der Waals surface area contributed by atoms with Gasteiger partial charge in [0.2, 0.25) is 0 Å². The van der Waals surface area contributed by atoms with E-state index in [2.05, 4.69) is 24.0 Å². The Hall–Kier alpha value is -2.04. The highest BCUT2D eigenvalue weighted by atomic mass is 16.5. The molecule has 0 atom stereocenters. The van der Waals surface area contributed by atoms with Crippen LogP contribution in [-0.4, -0.2) is 14.8 Å². The summed E-state index contributed by atoms with van der Waals surface area (Å²) in [5, 5.41) is 7.98. The lowest BCUT2D eigenvalue weighted by molar-refractivity contribution is 0.286. The topological polar surface area (TPSA) is 66.0 Å². The van der Waals surface area contributed by atoms with Crippen LogP contribution in [0.5, 0.6) is 5.75 Å². The molecule has 2 aromatic rings. The lowest BCUT2D eigenvalue weighted by Crippen LogP contribution is -2.10. The van der Waals surface area contributed by atoms with Crippen molar-refractivity contribution in [3.05, 3.63) is 36.4 Å². The molecule has 1 aromatic carbocycles. The van der Waals surface area contributed by atoms with Crippen molar-refractivity contribution in [3.8, 4) is 5.75 Å². The average Bonchev–Trinajstić information content (AvgIpc) is 2.73. The van der Waals surface area contributed by atoms with Gasteiger partial charge < -0.3 is 15.0 Å². The lowest BCUT2D eigenvalue weighted by Gasteiger charge is -2.10. The first-order chi connectivity index (χ1) is 8.65. The SMILES string of the molecule is CC(C)Cn1cnnc1COc1cccc(N)c1. The molecule has 0 aliphatic carbocycles. The first-order valence-electron chi connectivity index (χ1n) is 6.00. The van der Waals surface area contributed by atoms with Gasteiger partial charge in [-0.25, -0.2) is 0 Å². The zero-order valence-electron chi connectivity index (χ0n) is 10.7. The molecule has 0 fully saturated rings. The van der Waals surface area contributed by atoms with E-state index in [1.165, 1.54) is 0 Å². The molecule has 5 nitrogen and oxygen atoms in total. The minimum absolute atomic E-state index is 0.399. The molecule has 0 aliphatic rings. The van der Waals surface area contributed by atoms with E-state index in [0.717, 1.165) is 18.1 Å². The number of hydrogen-bond acceptors (Lipinski definition) is 4. The van der Waals surface area contributed by atoms with E-state index in [1.54, 1.807) is 12.4 Å². The molecule has 0 radical (unpaired) electrons. The first kappa shape index (κ1) is 12.4. The molecular formula is C13H18N4O. The van der Waals surface area contributed by atoms with Crippen molar-refractivity contribution >= 4 is 5.69 Å². The van der Waals surface area contributed by atoms with Crippen LogP contribution < -0.4 is 10.5 Å². The molecule has 2 rings (SSSR count). The Morgan fingerprint density at radius 3 is 2.94 bits per heavy atom. The molecule has 18 heavy (non-hydrogen) atoms. The maximum absolute atomic E-state index is 5.69. The average molecular weight is 246 g/mol. The summed E-state index contributed by atoms with van der Waals surface area (Å²) >= 11 is 0. The fourth-order valence-electron chi connectivity index (χ4n) is 1.69. The number of benzene rings is 1. The van der Waals surface area contributed by atoms with Crippen molar-refractivity contribution in [1.29, 1.82) is 0 Å². The van der Waals surface area contributed by atoms with Gasteiger partial charge in [-0.2, -0.15) is 0 Å². The van der Waals surface area contributed by atoms with Gasteiger partial charge in [-0.3, -0.25) is 0 Å². The number of aromatic nitrogens is 3. The van der Waals surface area contributed by atoms with Crippen LogP contribution in [0.1, 0.15) is 19.7 Å². The van der Waals surface area contributed by atoms with Gasteiger partial charge >= 0.3 is 0 Å².